The van der Waals surface area contributed by atoms with Gasteiger partial charge in [0.1, 0.15) is 24.4 Å². The lowest BCUT2D eigenvalue weighted by atomic mass is 9.99. The Hall–Kier alpha value is -1.16. The summed E-state index contributed by atoms with van der Waals surface area (Å²) in [4.78, 5) is 13.2. The van der Waals surface area contributed by atoms with Gasteiger partial charge in [-0.1, -0.05) is 302 Å². The number of rotatable bonds is 59. The van der Waals surface area contributed by atoms with Gasteiger partial charge in [0.25, 0.3) is 0 Å². The van der Waals surface area contributed by atoms with E-state index in [4.69, 9.17) is 9.47 Å². The van der Waals surface area contributed by atoms with Crippen LogP contribution < -0.4 is 5.32 Å². The van der Waals surface area contributed by atoms with Gasteiger partial charge in [0.15, 0.2) is 6.29 Å². The van der Waals surface area contributed by atoms with E-state index in [1.54, 1.807) is 0 Å². The minimum absolute atomic E-state index is 0.223. The van der Waals surface area contributed by atoms with Crippen LogP contribution in [0.3, 0.4) is 0 Å². The molecular weight excluding hydrogens is 991 g/mol. The Morgan fingerprint density at radius 3 is 1.17 bits per heavy atom. The minimum Gasteiger partial charge on any atom is -0.394 e. The van der Waals surface area contributed by atoms with Crippen molar-refractivity contribution in [1.29, 1.82) is 0 Å². The van der Waals surface area contributed by atoms with E-state index < -0.39 is 59.9 Å². The van der Waals surface area contributed by atoms with Gasteiger partial charge in [0, 0.05) is 6.42 Å². The van der Waals surface area contributed by atoms with E-state index in [1.807, 2.05) is 0 Å². The number of hydrogen-bond donors (Lipinski definition) is 6. The maximum Gasteiger partial charge on any atom is 0.397 e. The van der Waals surface area contributed by atoms with Crippen LogP contribution in [0.15, 0.2) is 12.2 Å². The lowest BCUT2D eigenvalue weighted by Crippen LogP contribution is -2.61. The number of unbranched alkanes of at least 4 members (excludes halogenated alkanes) is 45. The molecule has 1 amide bonds. The van der Waals surface area contributed by atoms with E-state index in [9.17, 15) is 38.2 Å². The first-order valence-electron chi connectivity index (χ1n) is 33.1. The Kier molecular flexibility index (Phi) is 51.9. The fraction of sp³-hybridized carbons (Fsp3) is 0.953. The molecule has 0 saturated carbocycles. The summed E-state index contributed by atoms with van der Waals surface area (Å²) in [5, 5.41) is 45.3. The number of allylic oxidation sites excluding steroid dienone is 2. The van der Waals surface area contributed by atoms with E-state index in [0.717, 1.165) is 51.4 Å². The maximum absolute atomic E-state index is 13.2. The van der Waals surface area contributed by atoms with Crippen molar-refractivity contribution >= 4 is 16.3 Å². The molecule has 0 aromatic rings. The lowest BCUT2D eigenvalue weighted by molar-refractivity contribution is -0.298. The van der Waals surface area contributed by atoms with Gasteiger partial charge < -0.3 is 35.2 Å². The van der Waals surface area contributed by atoms with Crippen molar-refractivity contribution in [2.45, 2.75) is 378 Å². The molecule has 7 unspecified atom stereocenters. The summed E-state index contributed by atoms with van der Waals surface area (Å²) >= 11 is 0. The van der Waals surface area contributed by atoms with Crippen LogP contribution in [0.25, 0.3) is 0 Å². The summed E-state index contributed by atoms with van der Waals surface area (Å²) in [6, 6.07) is -0.857. The molecule has 6 N–H and O–H groups in total. The van der Waals surface area contributed by atoms with Gasteiger partial charge in [-0.2, -0.15) is 8.42 Å². The highest BCUT2D eigenvalue weighted by Crippen LogP contribution is 2.26. The summed E-state index contributed by atoms with van der Waals surface area (Å²) < 4.78 is 48.1. The first-order valence-corrected chi connectivity index (χ1v) is 34.4. The zero-order valence-electron chi connectivity index (χ0n) is 50.1. The van der Waals surface area contributed by atoms with E-state index >= 15 is 0 Å². The molecule has 1 aliphatic rings. The van der Waals surface area contributed by atoms with Crippen molar-refractivity contribution in [3.05, 3.63) is 12.2 Å². The standard InChI is InChI=1S/C64H125NO11S/c1-3-5-7-9-11-13-15-17-19-21-23-25-26-27-28-29-30-31-32-34-36-38-40-42-44-46-48-50-52-54-60(68)65-57(56-74-64-62(70)63(76-77(71,72)73)61(69)59(55-66)75-64)58(67)53-51-49-47-45-43-41-39-37-35-33-24-22-20-18-16-14-12-10-8-6-4-2/h27-28,57-59,61-64,66-67,69-70H,3-26,29-56H2,1-2H3,(H,65,68)(H,71,72,73)/b28-27-. The highest BCUT2D eigenvalue weighted by atomic mass is 32.3. The third kappa shape index (κ3) is 46.1. The fourth-order valence-corrected chi connectivity index (χ4v) is 11.5. The number of aliphatic hydroxyl groups is 4. The number of carbonyl (C=O) groups excluding carboxylic acids is 1. The number of ether oxygens (including phenoxy) is 2. The molecule has 0 radical (unpaired) electrons. The molecule has 1 heterocycles. The molecule has 458 valence electrons. The van der Waals surface area contributed by atoms with Crippen molar-refractivity contribution < 1.29 is 51.8 Å². The molecule has 1 rings (SSSR count). The molecule has 1 aliphatic heterocycles. The van der Waals surface area contributed by atoms with Crippen molar-refractivity contribution in [2.24, 2.45) is 0 Å². The van der Waals surface area contributed by atoms with Gasteiger partial charge in [0.2, 0.25) is 5.91 Å². The monoisotopic (exact) mass is 1120 g/mol. The van der Waals surface area contributed by atoms with Crippen molar-refractivity contribution in [3.8, 4) is 0 Å². The summed E-state index contributed by atoms with van der Waals surface area (Å²) in [5.41, 5.74) is 0. The molecule has 1 fully saturated rings. The molecule has 13 heteroatoms. The average molecular weight is 1120 g/mol. The van der Waals surface area contributed by atoms with E-state index in [1.165, 1.54) is 257 Å². The maximum atomic E-state index is 13.2. The van der Waals surface area contributed by atoms with Crippen molar-refractivity contribution in [2.75, 3.05) is 13.2 Å². The van der Waals surface area contributed by atoms with Crippen LogP contribution in [0.4, 0.5) is 0 Å². The van der Waals surface area contributed by atoms with Crippen LogP contribution in [-0.2, 0) is 28.9 Å². The predicted molar refractivity (Wildman–Crippen MR) is 319 cm³/mol. The summed E-state index contributed by atoms with van der Waals surface area (Å²) in [6.07, 6.45) is 58.0. The number of nitrogens with one attached hydrogen (secondary N) is 1. The Morgan fingerprint density at radius 2 is 0.831 bits per heavy atom. The van der Waals surface area contributed by atoms with Gasteiger partial charge in [-0.05, 0) is 38.5 Å². The highest BCUT2D eigenvalue weighted by molar-refractivity contribution is 7.80. The smallest absolute Gasteiger partial charge is 0.394 e. The van der Waals surface area contributed by atoms with Crippen LogP contribution in [-0.4, -0.2) is 95.4 Å². The van der Waals surface area contributed by atoms with E-state index in [2.05, 4.69) is 35.5 Å². The Morgan fingerprint density at radius 1 is 0.506 bits per heavy atom. The molecule has 0 bridgehead atoms. The van der Waals surface area contributed by atoms with Gasteiger partial charge in [-0.3, -0.25) is 9.35 Å². The largest absolute Gasteiger partial charge is 0.397 e. The lowest BCUT2D eigenvalue weighted by Gasteiger charge is -2.41. The van der Waals surface area contributed by atoms with Crippen LogP contribution >= 0.6 is 0 Å². The van der Waals surface area contributed by atoms with Crippen LogP contribution in [0.5, 0.6) is 0 Å². The second kappa shape index (κ2) is 54.1. The molecular formula is C64H125NO11S. The highest BCUT2D eigenvalue weighted by Gasteiger charge is 2.48. The Labute approximate surface area is 474 Å². The SMILES string of the molecule is CCCCCCCCCCCCCC/C=C\CCCCCCCCCCCCCCCC(=O)NC(COC1OC(CO)C(O)C(OS(=O)(=O)O)C1O)C(O)CCCCCCCCCCCCCCCCCCCCCCC. The van der Waals surface area contributed by atoms with Gasteiger partial charge in [-0.15, -0.1) is 0 Å². The van der Waals surface area contributed by atoms with E-state index in [-0.39, 0.29) is 12.5 Å². The molecule has 0 spiro atoms. The molecule has 1 saturated heterocycles. The van der Waals surface area contributed by atoms with Crippen molar-refractivity contribution in [3.63, 3.8) is 0 Å². The van der Waals surface area contributed by atoms with Crippen LogP contribution in [0.2, 0.25) is 0 Å². The first kappa shape index (κ1) is 73.9. The third-order valence-corrected chi connectivity index (χ3v) is 16.5. The van der Waals surface area contributed by atoms with Crippen molar-refractivity contribution in [1.82, 2.24) is 5.32 Å². The minimum atomic E-state index is -5.08. The fourth-order valence-electron chi connectivity index (χ4n) is 11.0. The average Bonchev–Trinajstić information content (AvgIpc) is 3.41. The molecule has 77 heavy (non-hydrogen) atoms. The summed E-state index contributed by atoms with van der Waals surface area (Å²) in [5.74, 6) is -0.223. The zero-order chi connectivity index (χ0) is 56.1. The second-order valence-electron chi connectivity index (χ2n) is 23.4. The molecule has 0 aromatic heterocycles. The molecule has 0 aliphatic carbocycles. The molecule has 12 nitrogen and oxygen atoms in total. The van der Waals surface area contributed by atoms with Gasteiger partial charge in [-0.25, -0.2) is 4.18 Å². The predicted octanol–water partition coefficient (Wildman–Crippen LogP) is 16.6. The second-order valence-corrected chi connectivity index (χ2v) is 24.5. The van der Waals surface area contributed by atoms with Crippen LogP contribution in [0.1, 0.15) is 335 Å². The number of amides is 1. The molecule has 0 aromatic carbocycles. The molecule has 7 atom stereocenters. The number of hydrogen-bond acceptors (Lipinski definition) is 10. The van der Waals surface area contributed by atoms with E-state index in [0.29, 0.717) is 12.8 Å². The third-order valence-electron chi connectivity index (χ3n) is 16.1. The van der Waals surface area contributed by atoms with Crippen LogP contribution in [0, 0.1) is 0 Å². The number of carbonyl (C=O) groups is 1. The topological polar surface area (TPSA) is 192 Å². The Bertz CT molecular complexity index is 1400. The normalized spacial score (nSPS) is 18.9. The summed E-state index contributed by atoms with van der Waals surface area (Å²) in [6.45, 7) is 3.52. The summed E-state index contributed by atoms with van der Waals surface area (Å²) in [7, 11) is -5.08. The number of aliphatic hydroxyl groups excluding tert-OH is 4. The van der Waals surface area contributed by atoms with Gasteiger partial charge in [0.05, 0.1) is 25.4 Å². The zero-order valence-corrected chi connectivity index (χ0v) is 50.9. The quantitative estimate of drug-likeness (QED) is 0.0193. The first-order chi connectivity index (χ1) is 37.5. The Balaban J connectivity index is 2.26. The van der Waals surface area contributed by atoms with Gasteiger partial charge >= 0.3 is 10.4 Å².